The number of unbranched alkanes of at least 4 members (excludes halogenated alkanes) is 2. The number of carbonyl (C=O) groups is 22. The Labute approximate surface area is 786 Å². The molecule has 2 aromatic rings. The number of amides is 22. The molecule has 34 N–H and O–H groups in total. The van der Waals surface area contributed by atoms with Crippen LogP contribution < -0.4 is 131 Å². The highest BCUT2D eigenvalue weighted by Crippen LogP contribution is 2.23. The first-order valence-corrected chi connectivity index (χ1v) is 44.6. The number of aliphatic hydroxyl groups excluding tert-OH is 3. The van der Waals surface area contributed by atoms with Crippen LogP contribution in [0.1, 0.15) is 151 Å². The molecule has 0 saturated carbocycles. The van der Waals surface area contributed by atoms with Crippen LogP contribution in [0.4, 0.5) is 0 Å². The number of likely N-dealkylation sites (tertiary alicyclic amines) is 1. The summed E-state index contributed by atoms with van der Waals surface area (Å²) >= 11 is 0. The van der Waals surface area contributed by atoms with Crippen molar-refractivity contribution in [3.63, 3.8) is 0 Å². The van der Waals surface area contributed by atoms with Crippen molar-refractivity contribution >= 4 is 130 Å². The normalized spacial score (nSPS) is 15.8. The van der Waals surface area contributed by atoms with Crippen LogP contribution in [-0.2, 0) is 118 Å². The average molecular weight is 1920 g/mol. The maximum atomic E-state index is 14.9. The summed E-state index contributed by atoms with van der Waals surface area (Å²) in [5, 5.41) is 71.1. The number of primary amides is 4. The maximum Gasteiger partial charge on any atom is 0.246 e. The van der Waals surface area contributed by atoms with Crippen molar-refractivity contribution < 1.29 is 121 Å². The van der Waals surface area contributed by atoms with E-state index in [0.717, 1.165) is 11.8 Å². The van der Waals surface area contributed by atoms with Crippen molar-refractivity contribution in [1.29, 1.82) is 0 Å². The number of hydrogen-bond donors (Lipinski definition) is 27. The van der Waals surface area contributed by atoms with Crippen LogP contribution in [0, 0.1) is 23.7 Å². The summed E-state index contributed by atoms with van der Waals surface area (Å²) in [5.41, 5.74) is 40.2. The van der Waals surface area contributed by atoms with E-state index in [-0.39, 0.29) is 71.0 Å². The van der Waals surface area contributed by atoms with Gasteiger partial charge in [0.25, 0.3) is 0 Å². The van der Waals surface area contributed by atoms with Gasteiger partial charge >= 0.3 is 0 Å². The number of benzene rings is 2. The summed E-state index contributed by atoms with van der Waals surface area (Å²) in [7, 11) is 0. The van der Waals surface area contributed by atoms with Gasteiger partial charge in [-0.3, -0.25) is 105 Å². The van der Waals surface area contributed by atoms with Crippen LogP contribution in [0.3, 0.4) is 0 Å². The molecule has 22 amide bonds. The quantitative estimate of drug-likeness (QED) is 0.0274. The van der Waals surface area contributed by atoms with Gasteiger partial charge in [0.2, 0.25) is 130 Å². The zero-order valence-electron chi connectivity index (χ0n) is 78.1. The summed E-state index contributed by atoms with van der Waals surface area (Å²) in [6.07, 6.45) is -3.98. The van der Waals surface area contributed by atoms with Crippen LogP contribution in [0.5, 0.6) is 0 Å². The van der Waals surface area contributed by atoms with Crippen molar-refractivity contribution in [2.75, 3.05) is 52.5 Å². The summed E-state index contributed by atoms with van der Waals surface area (Å²) in [6, 6.07) is -8.63. The van der Waals surface area contributed by atoms with E-state index in [1.807, 2.05) is 0 Å². The molecular weight excluding hydrogens is 1780 g/mol. The molecule has 0 radical (unpaired) electrons. The monoisotopic (exact) mass is 1920 g/mol. The van der Waals surface area contributed by atoms with E-state index < -0.39 is 309 Å². The van der Waals surface area contributed by atoms with Gasteiger partial charge in [-0.05, 0) is 113 Å². The Kier molecular flexibility index (Phi) is 50.9. The number of rotatable bonds is 61. The lowest BCUT2D eigenvalue weighted by atomic mass is 9.98. The predicted molar refractivity (Wildman–Crippen MR) is 486 cm³/mol. The van der Waals surface area contributed by atoms with Gasteiger partial charge < -0.3 is 151 Å². The Bertz CT molecular complexity index is 4450. The molecule has 1 saturated heterocycles. The molecule has 50 nitrogen and oxygen atoms in total. The van der Waals surface area contributed by atoms with Crippen molar-refractivity contribution in [3.8, 4) is 0 Å². The van der Waals surface area contributed by atoms with Crippen LogP contribution >= 0.6 is 0 Å². The minimum absolute atomic E-state index is 0.0340. The van der Waals surface area contributed by atoms with Gasteiger partial charge in [0, 0.05) is 19.4 Å². The molecule has 3 rings (SSSR count). The third-order valence-corrected chi connectivity index (χ3v) is 21.4. The number of nitrogens with zero attached hydrogens (tertiary/aromatic N) is 1. The standard InChI is InChI=1S/C86H137N25O25/c1-42(2)66(82(132)96-39-64(119)98-58(41-113)80(130)99-51(26-17-19-29-87)74(124)97-46(9)72(122)101-53(71(93)121)32-48-22-13-11-14-23-48)107-79(129)57(36-62(92)117)105-85(135)70(47(10)114)110-81(131)59-28-21-31-111(59)86(136)69(45(7)8)109-78(128)54(33-49-24-15-12-16-25-49)102-76(126)56(35-61(91)116)104-77(127)55(34-60(90)115)103-75(125)52(27-18-20-30-88)100-83(133)68(44(5)6)108-84(134)67(43(3)4)106-65(120)38-94-63(118)37-95-73(123)50(89)40-112/h11-16,22-25,42-47,50-59,66-70,112-114H,17-21,26-41,87-89H2,1-10H3,(H2,90,115)(H2,91,116)(H2,92,117)(H2,93,121)(H,94,118)(H,95,123)(H,96,132)(H,97,124)(H,98,119)(H,99,130)(H,100,133)(H,101,122)(H,102,126)(H,103,125)(H,104,127)(H,105,135)(H,106,120)(H,107,129)(H,108,134)(H,109,128)(H,110,131)/t46-,47+,50-,51-,52-,53-,54-,55-,56-,57-,58-,59-,66-,67-,68-,69-,70-/m0/s1. The molecule has 1 aliphatic heterocycles. The lowest BCUT2D eigenvalue weighted by Crippen LogP contribution is -2.62. The van der Waals surface area contributed by atoms with E-state index >= 15 is 0 Å². The second kappa shape index (κ2) is 59.3. The summed E-state index contributed by atoms with van der Waals surface area (Å²) in [6.45, 7) is 10.9. The van der Waals surface area contributed by atoms with Crippen LogP contribution in [0.25, 0.3) is 0 Å². The number of hydrogen-bond acceptors (Lipinski definition) is 28. The van der Waals surface area contributed by atoms with E-state index in [1.54, 1.807) is 88.4 Å². The molecule has 1 heterocycles. The SMILES string of the molecule is CC(C)[C@H](NC(=O)CNC(=O)CNC(=O)[C@@H](N)CO)C(=O)N[C@H](C(=O)N[C@@H](CCCCN)C(=O)N[C@@H](CC(N)=O)C(=O)N[C@@H](CC(N)=O)C(=O)N[C@@H](Cc1ccccc1)C(=O)N[C@H](C(=O)N1CCC[C@H]1C(=O)N[C@H](C(=O)N[C@@H](CC(N)=O)C(=O)N[C@H](C(=O)NCC(=O)N[C@@H](CO)C(=O)N[C@@H](CCCCN)C(=O)N[C@@H](C)C(=O)N[C@@H](Cc1ccccc1)C(N)=O)C(C)C)[C@@H](C)O)C(C)C)C(C)C. The van der Waals surface area contributed by atoms with Gasteiger partial charge in [-0.25, -0.2) is 0 Å². The first-order valence-electron chi connectivity index (χ1n) is 44.6. The molecule has 2 aromatic carbocycles. The van der Waals surface area contributed by atoms with Gasteiger partial charge in [-0.2, -0.15) is 0 Å². The molecular formula is C86H137N25O25. The van der Waals surface area contributed by atoms with Gasteiger partial charge in [-0.1, -0.05) is 116 Å². The predicted octanol–water partition coefficient (Wildman–Crippen LogP) is -11.7. The summed E-state index contributed by atoms with van der Waals surface area (Å²) in [5.74, 6) is -25.7. The molecule has 17 atom stereocenters. The molecule has 1 aliphatic rings. The summed E-state index contributed by atoms with van der Waals surface area (Å²) < 4.78 is 0. The molecule has 0 spiro atoms. The van der Waals surface area contributed by atoms with Crippen LogP contribution in [0.15, 0.2) is 60.7 Å². The minimum atomic E-state index is -2.00. The van der Waals surface area contributed by atoms with E-state index in [0.29, 0.717) is 24.0 Å². The van der Waals surface area contributed by atoms with Gasteiger partial charge in [0.1, 0.15) is 96.7 Å². The lowest BCUT2D eigenvalue weighted by molar-refractivity contribution is -0.144. The Morgan fingerprint density at radius 1 is 0.360 bits per heavy atom. The molecule has 0 bridgehead atoms. The number of nitrogens with one attached hydrogen (secondary N) is 17. The van der Waals surface area contributed by atoms with Gasteiger partial charge in [0.15, 0.2) is 0 Å². The highest BCUT2D eigenvalue weighted by atomic mass is 16.3. The van der Waals surface area contributed by atoms with Crippen molar-refractivity contribution in [2.45, 2.75) is 255 Å². The first kappa shape index (κ1) is 117. The Morgan fingerprint density at radius 3 is 1.18 bits per heavy atom. The number of nitrogens with two attached hydrogens (primary N) is 7. The molecule has 136 heavy (non-hydrogen) atoms. The molecule has 1 fully saturated rings. The van der Waals surface area contributed by atoms with Gasteiger partial charge in [0.05, 0.1) is 58.2 Å². The topological polar surface area (TPSA) is 826 Å². The molecule has 50 heteroatoms. The third kappa shape index (κ3) is 40.8. The molecule has 0 aliphatic carbocycles. The van der Waals surface area contributed by atoms with Crippen molar-refractivity contribution in [2.24, 2.45) is 63.8 Å². The van der Waals surface area contributed by atoms with E-state index in [9.17, 15) is 116 Å². The van der Waals surface area contributed by atoms with Crippen LogP contribution in [0.2, 0.25) is 0 Å². The first-order chi connectivity index (χ1) is 64.0. The Balaban J connectivity index is 1.82. The molecule has 756 valence electrons. The zero-order valence-corrected chi connectivity index (χ0v) is 78.1. The second-order valence-electron chi connectivity index (χ2n) is 34.2. The van der Waals surface area contributed by atoms with E-state index in [1.165, 1.54) is 34.6 Å². The van der Waals surface area contributed by atoms with E-state index in [2.05, 4.69) is 90.4 Å². The Morgan fingerprint density at radius 2 is 0.721 bits per heavy atom. The fourth-order valence-electron chi connectivity index (χ4n) is 13.7. The van der Waals surface area contributed by atoms with Crippen molar-refractivity contribution in [3.05, 3.63) is 71.8 Å². The summed E-state index contributed by atoms with van der Waals surface area (Å²) in [4.78, 5) is 300. The van der Waals surface area contributed by atoms with Crippen LogP contribution in [-0.4, -0.2) is 305 Å². The van der Waals surface area contributed by atoms with Gasteiger partial charge in [-0.15, -0.1) is 0 Å². The number of aliphatic hydroxyl groups is 3. The smallest absolute Gasteiger partial charge is 0.246 e. The third-order valence-electron chi connectivity index (χ3n) is 21.4. The highest BCUT2D eigenvalue weighted by molar-refractivity contribution is 6.03. The highest BCUT2D eigenvalue weighted by Gasteiger charge is 2.44. The van der Waals surface area contributed by atoms with E-state index in [4.69, 9.17) is 45.2 Å². The van der Waals surface area contributed by atoms with Crippen molar-refractivity contribution in [1.82, 2.24) is 95.3 Å². The fourth-order valence-corrected chi connectivity index (χ4v) is 13.7. The fraction of sp³-hybridized carbons (Fsp3) is 0.605. The maximum absolute atomic E-state index is 14.9. The largest absolute Gasteiger partial charge is 0.394 e. The zero-order chi connectivity index (χ0) is 102. The molecule has 0 unspecified atom stereocenters. The minimum Gasteiger partial charge on any atom is -0.394 e. The Hall–Kier alpha value is -13.5. The lowest BCUT2D eigenvalue weighted by Gasteiger charge is -2.33. The second-order valence-corrected chi connectivity index (χ2v) is 34.2. The molecule has 0 aromatic heterocycles. The number of carbonyl (C=O) groups excluding carboxylic acids is 22. The average Bonchev–Trinajstić information content (AvgIpc) is 1.64.